The van der Waals surface area contributed by atoms with Gasteiger partial charge in [-0.2, -0.15) is 0 Å². The molecule has 0 radical (unpaired) electrons. The number of carbonyl (C=O) groups is 1. The molecule has 0 aliphatic carbocycles. The van der Waals surface area contributed by atoms with Crippen LogP contribution in [0.5, 0.6) is 5.75 Å². The number of hydrogen-bond acceptors (Lipinski definition) is 4. The topological polar surface area (TPSA) is 69.4 Å². The van der Waals surface area contributed by atoms with Crippen molar-refractivity contribution in [1.29, 1.82) is 0 Å². The predicted molar refractivity (Wildman–Crippen MR) is 62.4 cm³/mol. The molecule has 0 N–H and O–H groups in total. The minimum atomic E-state index is -0.582. The molecule has 0 fully saturated rings. The van der Waals surface area contributed by atoms with E-state index in [1.165, 1.54) is 20.1 Å². The quantitative estimate of drug-likeness (QED) is 0.371. The summed E-state index contributed by atoms with van der Waals surface area (Å²) >= 11 is 1.88. The lowest BCUT2D eigenvalue weighted by Crippen LogP contribution is -2.03. The summed E-state index contributed by atoms with van der Waals surface area (Å²) in [6.45, 7) is 1.30. The van der Waals surface area contributed by atoms with Gasteiger partial charge < -0.3 is 4.74 Å². The summed E-state index contributed by atoms with van der Waals surface area (Å²) < 4.78 is 5.42. The molecule has 0 saturated carbocycles. The van der Waals surface area contributed by atoms with Gasteiger partial charge in [0.2, 0.25) is 0 Å². The number of benzene rings is 1. The second-order valence-corrected chi connectivity index (χ2v) is 3.98. The van der Waals surface area contributed by atoms with Crippen LogP contribution in [0.25, 0.3) is 0 Å². The van der Waals surface area contributed by atoms with Crippen LogP contribution in [0.15, 0.2) is 12.1 Å². The number of ketones is 1. The molecule has 0 heterocycles. The van der Waals surface area contributed by atoms with E-state index in [4.69, 9.17) is 4.74 Å². The molecule has 0 unspecified atom stereocenters. The second-order valence-electron chi connectivity index (χ2n) is 2.82. The fraction of sp³-hybridized carbons (Fsp3) is 0.222. The van der Waals surface area contributed by atoms with E-state index < -0.39 is 4.92 Å². The van der Waals surface area contributed by atoms with Crippen LogP contribution in [0.4, 0.5) is 5.69 Å². The summed E-state index contributed by atoms with van der Waals surface area (Å²) in [5.74, 6) is 0.0462. The molecule has 0 atom stereocenters. The third kappa shape index (κ3) is 2.44. The number of methoxy groups -OCH3 is 1. The number of rotatable bonds is 3. The van der Waals surface area contributed by atoms with Gasteiger partial charge in [-0.1, -0.05) is 0 Å². The van der Waals surface area contributed by atoms with Crippen molar-refractivity contribution in [2.45, 2.75) is 6.92 Å². The lowest BCUT2D eigenvalue weighted by Gasteiger charge is -2.05. The number of halogens is 1. The highest BCUT2D eigenvalue weighted by Crippen LogP contribution is 2.29. The first kappa shape index (κ1) is 11.9. The van der Waals surface area contributed by atoms with Crippen molar-refractivity contribution >= 4 is 34.1 Å². The number of nitro benzene ring substituents is 1. The Morgan fingerprint density at radius 2 is 2.13 bits per heavy atom. The first-order valence-electron chi connectivity index (χ1n) is 4.00. The molecule has 0 aromatic heterocycles. The van der Waals surface area contributed by atoms with E-state index in [0.29, 0.717) is 9.32 Å². The van der Waals surface area contributed by atoms with Crippen LogP contribution in [0.2, 0.25) is 0 Å². The Labute approximate surface area is 99.7 Å². The molecule has 0 aliphatic rings. The summed E-state index contributed by atoms with van der Waals surface area (Å²) in [4.78, 5) is 21.4. The molecule has 5 nitrogen and oxygen atoms in total. The molecular formula is C9H8INO4. The summed E-state index contributed by atoms with van der Waals surface area (Å²) in [5.41, 5.74) is -0.0901. The van der Waals surface area contributed by atoms with Crippen LogP contribution in [0.1, 0.15) is 17.3 Å². The van der Waals surface area contributed by atoms with E-state index in [9.17, 15) is 14.9 Å². The van der Waals surface area contributed by atoms with E-state index >= 15 is 0 Å². The number of hydrogen-bond donors (Lipinski definition) is 0. The van der Waals surface area contributed by atoms with Crippen LogP contribution < -0.4 is 4.74 Å². The Morgan fingerprint density at radius 3 is 2.53 bits per heavy atom. The Morgan fingerprint density at radius 1 is 1.53 bits per heavy atom. The number of Topliss-reactive ketones (excluding diaryl/α,β-unsaturated/α-hetero) is 1. The molecule has 0 amide bonds. The van der Waals surface area contributed by atoms with E-state index in [-0.39, 0.29) is 17.0 Å². The zero-order valence-corrected chi connectivity index (χ0v) is 10.3. The van der Waals surface area contributed by atoms with Crippen molar-refractivity contribution < 1.29 is 14.5 Å². The zero-order chi connectivity index (χ0) is 11.6. The summed E-state index contributed by atoms with van der Waals surface area (Å²) in [6.07, 6.45) is 0. The highest BCUT2D eigenvalue weighted by Gasteiger charge is 2.22. The summed E-state index contributed by atoms with van der Waals surface area (Å²) in [5, 5.41) is 10.7. The van der Waals surface area contributed by atoms with Gasteiger partial charge in [0.1, 0.15) is 11.3 Å². The molecule has 0 aliphatic heterocycles. The highest BCUT2D eigenvalue weighted by atomic mass is 127. The Balaban J connectivity index is 3.49. The van der Waals surface area contributed by atoms with E-state index in [1.54, 1.807) is 6.07 Å². The Kier molecular flexibility index (Phi) is 3.61. The Bertz CT molecular complexity index is 430. The normalized spacial score (nSPS) is 9.80. The first-order valence-corrected chi connectivity index (χ1v) is 5.08. The molecule has 80 valence electrons. The van der Waals surface area contributed by atoms with Gasteiger partial charge in [0.15, 0.2) is 5.78 Å². The van der Waals surface area contributed by atoms with Crippen molar-refractivity contribution in [1.82, 2.24) is 0 Å². The number of carbonyl (C=O) groups excluding carboxylic acids is 1. The molecule has 0 saturated heterocycles. The van der Waals surface area contributed by atoms with Gasteiger partial charge in [0.25, 0.3) is 5.69 Å². The lowest BCUT2D eigenvalue weighted by molar-refractivity contribution is -0.385. The fourth-order valence-electron chi connectivity index (χ4n) is 1.18. The zero-order valence-electron chi connectivity index (χ0n) is 8.11. The molecule has 0 bridgehead atoms. The average Bonchev–Trinajstić information content (AvgIpc) is 2.15. The fourth-order valence-corrected chi connectivity index (χ4v) is 2.14. The summed E-state index contributed by atoms with van der Waals surface area (Å²) in [7, 11) is 1.42. The third-order valence-corrected chi connectivity index (χ3v) is 2.68. The molecular weight excluding hydrogens is 313 g/mol. The van der Waals surface area contributed by atoms with Crippen molar-refractivity contribution in [3.8, 4) is 5.75 Å². The predicted octanol–water partition coefficient (Wildman–Crippen LogP) is 2.41. The highest BCUT2D eigenvalue weighted by molar-refractivity contribution is 14.1. The van der Waals surface area contributed by atoms with Gasteiger partial charge in [-0.15, -0.1) is 0 Å². The molecule has 0 spiro atoms. The minimum absolute atomic E-state index is 0.126. The number of ether oxygens (including phenoxy) is 1. The van der Waals surface area contributed by atoms with Crippen molar-refractivity contribution in [2.24, 2.45) is 0 Å². The van der Waals surface area contributed by atoms with Crippen LogP contribution >= 0.6 is 22.6 Å². The lowest BCUT2D eigenvalue weighted by atomic mass is 10.1. The number of nitrogens with zero attached hydrogens (tertiary/aromatic N) is 1. The van der Waals surface area contributed by atoms with Crippen LogP contribution in [0.3, 0.4) is 0 Å². The largest absolute Gasteiger partial charge is 0.496 e. The maximum Gasteiger partial charge on any atom is 0.284 e. The third-order valence-electron chi connectivity index (χ3n) is 1.83. The summed E-state index contributed by atoms with van der Waals surface area (Å²) in [6, 6.07) is 2.84. The van der Waals surface area contributed by atoms with Crippen molar-refractivity contribution in [2.75, 3.05) is 7.11 Å². The molecule has 6 heteroatoms. The maximum atomic E-state index is 11.2. The molecule has 1 aromatic rings. The van der Waals surface area contributed by atoms with Gasteiger partial charge in [-0.3, -0.25) is 14.9 Å². The second kappa shape index (κ2) is 4.56. The number of nitro groups is 1. The van der Waals surface area contributed by atoms with Crippen molar-refractivity contribution in [3.05, 3.63) is 31.4 Å². The van der Waals surface area contributed by atoms with Crippen molar-refractivity contribution in [3.63, 3.8) is 0 Å². The smallest absolute Gasteiger partial charge is 0.284 e. The SMILES string of the molecule is COc1cc(I)c(C(C)=O)c([N+](=O)[O-])c1. The van der Waals surface area contributed by atoms with Gasteiger partial charge in [-0.25, -0.2) is 0 Å². The van der Waals surface area contributed by atoms with E-state index in [0.717, 1.165) is 0 Å². The first-order chi connectivity index (χ1) is 6.97. The average molecular weight is 321 g/mol. The van der Waals surface area contributed by atoms with E-state index in [1.807, 2.05) is 22.6 Å². The van der Waals surface area contributed by atoms with Crippen LogP contribution in [0, 0.1) is 13.7 Å². The van der Waals surface area contributed by atoms with E-state index in [2.05, 4.69) is 0 Å². The maximum absolute atomic E-state index is 11.2. The van der Waals surface area contributed by atoms with Gasteiger partial charge in [0.05, 0.1) is 18.1 Å². The minimum Gasteiger partial charge on any atom is -0.496 e. The Hall–Kier alpha value is -1.18. The van der Waals surface area contributed by atoms with Crippen LogP contribution in [-0.4, -0.2) is 17.8 Å². The molecule has 15 heavy (non-hydrogen) atoms. The van der Waals surface area contributed by atoms with Gasteiger partial charge >= 0.3 is 0 Å². The monoisotopic (exact) mass is 321 g/mol. The van der Waals surface area contributed by atoms with Gasteiger partial charge in [0, 0.05) is 3.57 Å². The van der Waals surface area contributed by atoms with Gasteiger partial charge in [-0.05, 0) is 35.6 Å². The van der Waals surface area contributed by atoms with Crippen LogP contribution in [-0.2, 0) is 0 Å². The standard InChI is InChI=1S/C9H8INO4/c1-5(12)9-7(10)3-6(15-2)4-8(9)11(13)14/h3-4H,1-2H3. The molecule has 1 rings (SSSR count). The molecule has 1 aromatic carbocycles.